The molecule has 1 rings (SSSR count). The van der Waals surface area contributed by atoms with Crippen LogP contribution in [0, 0.1) is 5.41 Å². The summed E-state index contributed by atoms with van der Waals surface area (Å²) in [5.41, 5.74) is -0.576. The predicted octanol–water partition coefficient (Wildman–Crippen LogP) is 1.69. The highest BCUT2D eigenvalue weighted by atomic mass is 19.1. The van der Waals surface area contributed by atoms with Gasteiger partial charge in [0.25, 0.3) is 0 Å². The summed E-state index contributed by atoms with van der Waals surface area (Å²) in [6.45, 7) is 5.30. The summed E-state index contributed by atoms with van der Waals surface area (Å²) < 4.78 is 13.7. The Morgan fingerprint density at radius 2 is 2.07 bits per heavy atom. The highest BCUT2D eigenvalue weighted by molar-refractivity contribution is 5.86. The Hall–Kier alpha value is -1.13. The third-order valence-corrected chi connectivity index (χ3v) is 2.65. The molecule has 15 heavy (non-hydrogen) atoms. The molecular weight excluding hydrogens is 201 g/mol. The second kappa shape index (κ2) is 3.79. The molecule has 0 spiro atoms. The summed E-state index contributed by atoms with van der Waals surface area (Å²) in [5, 5.41) is 8.92. The largest absolute Gasteiger partial charge is 0.465 e. The molecule has 0 aromatic rings. The van der Waals surface area contributed by atoms with Gasteiger partial charge in [-0.15, -0.1) is 0 Å². The number of alkyl halides is 1. The number of piperidine rings is 1. The maximum Gasteiger partial charge on any atom is 0.407 e. The van der Waals surface area contributed by atoms with Crippen LogP contribution in [0.5, 0.6) is 0 Å². The maximum absolute atomic E-state index is 13.7. The minimum absolute atomic E-state index is 0.0277. The molecule has 1 fully saturated rings. The van der Waals surface area contributed by atoms with Gasteiger partial charge in [0.1, 0.15) is 0 Å². The fraction of sp³-hybridized carbons (Fsp3) is 0.800. The topological polar surface area (TPSA) is 57.6 Å². The van der Waals surface area contributed by atoms with Crippen LogP contribution in [-0.2, 0) is 4.79 Å². The fourth-order valence-corrected chi connectivity index (χ4v) is 1.96. The van der Waals surface area contributed by atoms with E-state index >= 15 is 0 Å². The highest BCUT2D eigenvalue weighted by Gasteiger charge is 2.45. The number of Topliss-reactive ketones (excluding diaryl/α,β-unsaturated/α-hetero) is 1. The second-order valence-corrected chi connectivity index (χ2v) is 4.90. The maximum atomic E-state index is 13.7. The smallest absolute Gasteiger partial charge is 0.407 e. The lowest BCUT2D eigenvalue weighted by Crippen LogP contribution is -2.58. The molecular formula is C10H16FNO3. The molecule has 86 valence electrons. The molecule has 0 aromatic carbocycles. The van der Waals surface area contributed by atoms with Crippen molar-refractivity contribution in [3.63, 3.8) is 0 Å². The van der Waals surface area contributed by atoms with Crippen LogP contribution in [-0.4, -0.2) is 40.6 Å². The molecule has 2 atom stereocenters. The zero-order valence-corrected chi connectivity index (χ0v) is 9.16. The van der Waals surface area contributed by atoms with Gasteiger partial charge in [-0.1, -0.05) is 20.8 Å². The van der Waals surface area contributed by atoms with Crippen molar-refractivity contribution >= 4 is 11.9 Å². The molecule has 4 nitrogen and oxygen atoms in total. The first kappa shape index (κ1) is 11.9. The van der Waals surface area contributed by atoms with E-state index in [0.29, 0.717) is 0 Å². The Bertz CT molecular complexity index is 285. The molecule has 1 amide bonds. The molecule has 1 heterocycles. The number of carbonyl (C=O) groups is 2. The number of carboxylic acid groups (broad SMARTS) is 1. The van der Waals surface area contributed by atoms with Crippen LogP contribution in [0.25, 0.3) is 0 Å². The molecule has 1 aliphatic heterocycles. The number of rotatable bonds is 0. The molecule has 0 bridgehead atoms. The normalized spacial score (nSPS) is 28.0. The third-order valence-electron chi connectivity index (χ3n) is 2.65. The Balaban J connectivity index is 3.00. The van der Waals surface area contributed by atoms with Crippen LogP contribution in [0.3, 0.4) is 0 Å². The molecule has 1 aliphatic rings. The lowest BCUT2D eigenvalue weighted by atomic mass is 9.79. The van der Waals surface area contributed by atoms with Gasteiger partial charge >= 0.3 is 6.09 Å². The van der Waals surface area contributed by atoms with Gasteiger partial charge in [0.2, 0.25) is 0 Å². The van der Waals surface area contributed by atoms with Gasteiger partial charge < -0.3 is 10.0 Å². The van der Waals surface area contributed by atoms with E-state index in [4.69, 9.17) is 5.11 Å². The average molecular weight is 217 g/mol. The third kappa shape index (κ3) is 2.27. The number of carbonyl (C=O) groups excluding carboxylic acids is 1. The van der Waals surface area contributed by atoms with Gasteiger partial charge in [0, 0.05) is 13.0 Å². The van der Waals surface area contributed by atoms with Crippen LogP contribution >= 0.6 is 0 Å². The first-order valence-electron chi connectivity index (χ1n) is 4.91. The Morgan fingerprint density at radius 1 is 1.53 bits per heavy atom. The fourth-order valence-electron chi connectivity index (χ4n) is 1.96. The molecule has 0 saturated carbocycles. The summed E-state index contributed by atoms with van der Waals surface area (Å²) in [6.07, 6.45) is -2.89. The number of likely N-dealkylation sites (tertiary alicyclic amines) is 1. The van der Waals surface area contributed by atoms with Crippen molar-refractivity contribution in [2.45, 2.75) is 39.4 Å². The van der Waals surface area contributed by atoms with Crippen molar-refractivity contribution < 1.29 is 19.1 Å². The lowest BCUT2D eigenvalue weighted by molar-refractivity contribution is -0.132. The van der Waals surface area contributed by atoms with E-state index in [1.165, 1.54) is 0 Å². The molecule has 0 aliphatic carbocycles. The van der Waals surface area contributed by atoms with Gasteiger partial charge in [-0.3, -0.25) is 4.79 Å². The van der Waals surface area contributed by atoms with Gasteiger partial charge in [0.15, 0.2) is 12.0 Å². The molecule has 0 aromatic heterocycles. The first-order valence-corrected chi connectivity index (χ1v) is 4.91. The van der Waals surface area contributed by atoms with Crippen molar-refractivity contribution in [3.8, 4) is 0 Å². The molecule has 5 heteroatoms. The SMILES string of the molecule is CC(C)(C)C1[C@H](F)C(=O)CCN1C(=O)O. The van der Waals surface area contributed by atoms with Crippen molar-refractivity contribution in [1.29, 1.82) is 0 Å². The van der Waals surface area contributed by atoms with E-state index < -0.39 is 29.5 Å². The van der Waals surface area contributed by atoms with Gasteiger partial charge in [-0.05, 0) is 5.41 Å². The van der Waals surface area contributed by atoms with E-state index in [1.54, 1.807) is 20.8 Å². The predicted molar refractivity (Wildman–Crippen MR) is 52.5 cm³/mol. The van der Waals surface area contributed by atoms with Crippen molar-refractivity contribution in [3.05, 3.63) is 0 Å². The number of amides is 1. The summed E-state index contributed by atoms with van der Waals surface area (Å²) in [5.74, 6) is -0.493. The minimum atomic E-state index is -1.70. The van der Waals surface area contributed by atoms with E-state index in [0.717, 1.165) is 4.90 Å². The summed E-state index contributed by atoms with van der Waals surface area (Å²) in [6, 6.07) is -0.878. The number of hydrogen-bond donors (Lipinski definition) is 1. The minimum Gasteiger partial charge on any atom is -0.465 e. The van der Waals surface area contributed by atoms with E-state index in [1.807, 2.05) is 0 Å². The zero-order chi connectivity index (χ0) is 11.8. The van der Waals surface area contributed by atoms with Crippen LogP contribution in [0.2, 0.25) is 0 Å². The number of nitrogens with zero attached hydrogens (tertiary/aromatic N) is 1. The average Bonchev–Trinajstić information content (AvgIpc) is 2.06. The van der Waals surface area contributed by atoms with E-state index in [9.17, 15) is 14.0 Å². The molecule has 0 radical (unpaired) electrons. The summed E-state index contributed by atoms with van der Waals surface area (Å²) in [7, 11) is 0. The lowest BCUT2D eigenvalue weighted by Gasteiger charge is -2.42. The summed E-state index contributed by atoms with van der Waals surface area (Å²) >= 11 is 0. The van der Waals surface area contributed by atoms with Crippen LogP contribution < -0.4 is 0 Å². The van der Waals surface area contributed by atoms with Crippen molar-refractivity contribution in [1.82, 2.24) is 4.90 Å². The molecule has 1 N–H and O–H groups in total. The Labute approximate surface area is 88.1 Å². The van der Waals surface area contributed by atoms with Gasteiger partial charge in [-0.25, -0.2) is 9.18 Å². The van der Waals surface area contributed by atoms with Crippen molar-refractivity contribution in [2.75, 3.05) is 6.54 Å². The number of halogens is 1. The summed E-state index contributed by atoms with van der Waals surface area (Å²) in [4.78, 5) is 23.2. The molecule has 1 unspecified atom stereocenters. The Morgan fingerprint density at radius 3 is 2.47 bits per heavy atom. The van der Waals surface area contributed by atoms with Crippen LogP contribution in [0.1, 0.15) is 27.2 Å². The number of hydrogen-bond acceptors (Lipinski definition) is 2. The second-order valence-electron chi connectivity index (χ2n) is 4.90. The quantitative estimate of drug-likeness (QED) is 0.671. The first-order chi connectivity index (χ1) is 6.75. The van der Waals surface area contributed by atoms with Crippen LogP contribution in [0.15, 0.2) is 0 Å². The van der Waals surface area contributed by atoms with Crippen molar-refractivity contribution in [2.24, 2.45) is 5.41 Å². The molecule has 1 saturated heterocycles. The standard InChI is InChI=1S/C10H16FNO3/c1-10(2,3)8-7(11)6(13)4-5-12(8)9(14)15/h7-8H,4-5H2,1-3H3,(H,14,15)/t7-,8?/m1/s1. The van der Waals surface area contributed by atoms with E-state index in [-0.39, 0.29) is 13.0 Å². The van der Waals surface area contributed by atoms with Gasteiger partial charge in [-0.2, -0.15) is 0 Å². The zero-order valence-electron chi connectivity index (χ0n) is 9.16. The van der Waals surface area contributed by atoms with Gasteiger partial charge in [0.05, 0.1) is 6.04 Å². The van der Waals surface area contributed by atoms with E-state index in [2.05, 4.69) is 0 Å². The monoisotopic (exact) mass is 217 g/mol. The number of ketones is 1. The highest BCUT2D eigenvalue weighted by Crippen LogP contribution is 2.32. The Kier molecular flexibility index (Phi) is 3.02. The van der Waals surface area contributed by atoms with Crippen LogP contribution in [0.4, 0.5) is 9.18 Å².